The molecule has 0 radical (unpaired) electrons. The molecule has 2 aliphatic rings. The van der Waals surface area contributed by atoms with E-state index in [-0.39, 0.29) is 11.8 Å². The summed E-state index contributed by atoms with van der Waals surface area (Å²) < 4.78 is 9.08. The Balaban J connectivity index is 1.83. The van der Waals surface area contributed by atoms with Crippen molar-refractivity contribution in [2.45, 2.75) is 57.7 Å². The highest BCUT2D eigenvalue weighted by atomic mass is 16.5. The van der Waals surface area contributed by atoms with Crippen LogP contribution in [0.1, 0.15) is 44.3 Å². The maximum Gasteiger partial charge on any atom is 0.346 e. The number of nitrogens with one attached hydrogen (secondary N) is 1. The first-order valence-corrected chi connectivity index (χ1v) is 7.79. The zero-order valence-corrected chi connectivity index (χ0v) is 12.2. The summed E-state index contributed by atoms with van der Waals surface area (Å²) in [5.74, 6) is 1.38. The third-order valence-electron chi connectivity index (χ3n) is 4.37. The first kappa shape index (κ1) is 13.8. The van der Waals surface area contributed by atoms with Gasteiger partial charge in [0, 0.05) is 19.1 Å². The number of hydrogen-bond donors (Lipinski definition) is 1. The second kappa shape index (κ2) is 6.10. The molecule has 1 aromatic rings. The summed E-state index contributed by atoms with van der Waals surface area (Å²) in [7, 11) is 0. The van der Waals surface area contributed by atoms with Crippen LogP contribution in [0.15, 0.2) is 4.79 Å². The maximum absolute atomic E-state index is 12.4. The smallest absolute Gasteiger partial charge is 0.346 e. The zero-order chi connectivity index (χ0) is 13.9. The monoisotopic (exact) mass is 280 g/mol. The zero-order valence-electron chi connectivity index (χ0n) is 12.2. The van der Waals surface area contributed by atoms with Gasteiger partial charge < -0.3 is 10.1 Å². The molecule has 112 valence electrons. The highest BCUT2D eigenvalue weighted by molar-refractivity contribution is 5.00. The first-order valence-electron chi connectivity index (χ1n) is 7.79. The van der Waals surface area contributed by atoms with E-state index in [0.29, 0.717) is 19.0 Å². The van der Waals surface area contributed by atoms with Crippen LogP contribution < -0.4 is 11.0 Å². The van der Waals surface area contributed by atoms with Crippen molar-refractivity contribution in [1.82, 2.24) is 19.7 Å². The molecule has 1 aromatic heterocycles. The van der Waals surface area contributed by atoms with E-state index in [2.05, 4.69) is 10.4 Å². The fourth-order valence-corrected chi connectivity index (χ4v) is 3.24. The lowest BCUT2D eigenvalue weighted by atomic mass is 9.97. The Morgan fingerprint density at radius 2 is 2.15 bits per heavy atom. The van der Waals surface area contributed by atoms with E-state index in [1.54, 1.807) is 4.68 Å². The van der Waals surface area contributed by atoms with Gasteiger partial charge in [0.05, 0.1) is 12.6 Å². The number of hydrogen-bond acceptors (Lipinski definition) is 4. The topological polar surface area (TPSA) is 61.1 Å². The van der Waals surface area contributed by atoms with Gasteiger partial charge in [-0.3, -0.25) is 4.57 Å². The molecule has 2 aliphatic heterocycles. The van der Waals surface area contributed by atoms with Gasteiger partial charge in [-0.2, -0.15) is 5.10 Å². The third kappa shape index (κ3) is 2.67. The number of nitrogens with zero attached hydrogens (tertiary/aromatic N) is 3. The Hall–Kier alpha value is -1.14. The van der Waals surface area contributed by atoms with Gasteiger partial charge in [-0.1, -0.05) is 0 Å². The standard InChI is InChI=1S/C14H24N4O2/c1-2-17-13(11-5-7-15-8-6-11)16-18(14(17)19)10-12-4-3-9-20-12/h11-12,15H,2-10H2,1H3/t12-/m0/s1. The average Bonchev–Trinajstić information content (AvgIpc) is 3.09. The summed E-state index contributed by atoms with van der Waals surface area (Å²) in [6.07, 6.45) is 4.42. The minimum Gasteiger partial charge on any atom is -0.376 e. The summed E-state index contributed by atoms with van der Waals surface area (Å²) in [5, 5.41) is 7.99. The van der Waals surface area contributed by atoms with Crippen molar-refractivity contribution < 1.29 is 4.74 Å². The molecule has 0 amide bonds. The van der Waals surface area contributed by atoms with E-state index < -0.39 is 0 Å². The normalized spacial score (nSPS) is 24.4. The van der Waals surface area contributed by atoms with E-state index in [1.807, 2.05) is 11.5 Å². The van der Waals surface area contributed by atoms with Gasteiger partial charge in [0.15, 0.2) is 0 Å². The first-order chi connectivity index (χ1) is 9.79. The summed E-state index contributed by atoms with van der Waals surface area (Å²) in [5.41, 5.74) is 0.0246. The third-order valence-corrected chi connectivity index (χ3v) is 4.37. The Kier molecular flexibility index (Phi) is 4.21. The van der Waals surface area contributed by atoms with Gasteiger partial charge in [-0.25, -0.2) is 9.48 Å². The molecule has 20 heavy (non-hydrogen) atoms. The predicted molar refractivity (Wildman–Crippen MR) is 76.0 cm³/mol. The Morgan fingerprint density at radius 3 is 2.80 bits per heavy atom. The molecule has 2 fully saturated rings. The average molecular weight is 280 g/mol. The molecule has 6 nitrogen and oxygen atoms in total. The van der Waals surface area contributed by atoms with Crippen LogP contribution in [-0.4, -0.2) is 40.1 Å². The number of aromatic nitrogens is 3. The van der Waals surface area contributed by atoms with Crippen molar-refractivity contribution in [2.75, 3.05) is 19.7 Å². The second-order valence-corrected chi connectivity index (χ2v) is 5.73. The summed E-state index contributed by atoms with van der Waals surface area (Å²) in [4.78, 5) is 12.4. The largest absolute Gasteiger partial charge is 0.376 e. The molecular weight excluding hydrogens is 256 g/mol. The molecule has 3 heterocycles. The number of ether oxygens (including phenoxy) is 1. The molecule has 0 unspecified atom stereocenters. The van der Waals surface area contributed by atoms with Crippen LogP contribution in [0.4, 0.5) is 0 Å². The Bertz CT molecular complexity index is 496. The molecule has 0 spiro atoms. The minimum absolute atomic E-state index is 0.0246. The van der Waals surface area contributed by atoms with Gasteiger partial charge in [0.25, 0.3) is 0 Å². The van der Waals surface area contributed by atoms with E-state index in [1.165, 1.54) is 0 Å². The predicted octanol–water partition coefficient (Wildman–Crippen LogP) is 0.711. The minimum atomic E-state index is 0.0246. The molecule has 0 bridgehead atoms. The Labute approximate surface area is 119 Å². The van der Waals surface area contributed by atoms with Crippen molar-refractivity contribution in [1.29, 1.82) is 0 Å². The molecule has 1 N–H and O–H groups in total. The lowest BCUT2D eigenvalue weighted by Crippen LogP contribution is -2.30. The van der Waals surface area contributed by atoms with Crippen molar-refractivity contribution in [2.24, 2.45) is 0 Å². The van der Waals surface area contributed by atoms with Gasteiger partial charge in [0.1, 0.15) is 5.82 Å². The van der Waals surface area contributed by atoms with Gasteiger partial charge in [-0.05, 0) is 45.7 Å². The van der Waals surface area contributed by atoms with Crippen molar-refractivity contribution in [3.63, 3.8) is 0 Å². The highest BCUT2D eigenvalue weighted by Gasteiger charge is 2.25. The molecule has 1 atom stereocenters. The SMILES string of the molecule is CCn1c(C2CCNCC2)nn(C[C@@H]2CCCO2)c1=O. The van der Waals surface area contributed by atoms with Crippen LogP contribution in [0, 0.1) is 0 Å². The van der Waals surface area contributed by atoms with Crippen molar-refractivity contribution >= 4 is 0 Å². The fourth-order valence-electron chi connectivity index (χ4n) is 3.24. The molecule has 0 aromatic carbocycles. The van der Waals surface area contributed by atoms with Crippen LogP contribution in [0.2, 0.25) is 0 Å². The van der Waals surface area contributed by atoms with E-state index >= 15 is 0 Å². The van der Waals surface area contributed by atoms with Crippen LogP contribution in [0.3, 0.4) is 0 Å². The van der Waals surface area contributed by atoms with Crippen molar-refractivity contribution in [3.05, 3.63) is 16.3 Å². The van der Waals surface area contributed by atoms with E-state index in [0.717, 1.165) is 51.2 Å². The number of piperidine rings is 1. The maximum atomic E-state index is 12.4. The number of rotatable bonds is 4. The lowest BCUT2D eigenvalue weighted by molar-refractivity contribution is 0.0928. The van der Waals surface area contributed by atoms with Gasteiger partial charge in [0.2, 0.25) is 0 Å². The summed E-state index contributed by atoms with van der Waals surface area (Å²) in [6, 6.07) is 0. The second-order valence-electron chi connectivity index (χ2n) is 5.73. The molecule has 3 rings (SSSR count). The lowest BCUT2D eigenvalue weighted by Gasteiger charge is -2.21. The van der Waals surface area contributed by atoms with Crippen molar-refractivity contribution in [3.8, 4) is 0 Å². The quantitative estimate of drug-likeness (QED) is 0.882. The molecule has 6 heteroatoms. The van der Waals surface area contributed by atoms with E-state index in [9.17, 15) is 4.79 Å². The van der Waals surface area contributed by atoms with Gasteiger partial charge >= 0.3 is 5.69 Å². The summed E-state index contributed by atoms with van der Waals surface area (Å²) in [6.45, 7) is 6.16. The van der Waals surface area contributed by atoms with Gasteiger partial charge in [-0.15, -0.1) is 0 Å². The molecular formula is C14H24N4O2. The molecule has 0 saturated carbocycles. The summed E-state index contributed by atoms with van der Waals surface area (Å²) >= 11 is 0. The van der Waals surface area contributed by atoms with Crippen LogP contribution in [0.5, 0.6) is 0 Å². The van der Waals surface area contributed by atoms with Crippen LogP contribution in [-0.2, 0) is 17.8 Å². The molecule has 0 aliphatic carbocycles. The molecule has 2 saturated heterocycles. The van der Waals surface area contributed by atoms with Crippen LogP contribution >= 0.6 is 0 Å². The highest BCUT2D eigenvalue weighted by Crippen LogP contribution is 2.23. The van der Waals surface area contributed by atoms with E-state index in [4.69, 9.17) is 4.74 Å². The van der Waals surface area contributed by atoms with Crippen LogP contribution in [0.25, 0.3) is 0 Å². The Morgan fingerprint density at radius 1 is 1.35 bits per heavy atom. The fraction of sp³-hybridized carbons (Fsp3) is 0.857.